The van der Waals surface area contributed by atoms with Crippen LogP contribution in [0.4, 0.5) is 0 Å². The van der Waals surface area contributed by atoms with Gasteiger partial charge in [-0.25, -0.2) is 10.0 Å². The minimum atomic E-state index is -0.221. The molecule has 0 fully saturated rings. The summed E-state index contributed by atoms with van der Waals surface area (Å²) in [6, 6.07) is 0. The Morgan fingerprint density at radius 1 is 1.75 bits per heavy atom. The van der Waals surface area contributed by atoms with Crippen molar-refractivity contribution in [2.45, 2.75) is 0 Å². The van der Waals surface area contributed by atoms with Crippen molar-refractivity contribution in [2.75, 3.05) is 14.2 Å². The number of imidazole rings is 1. The second kappa shape index (κ2) is 4.07. The van der Waals surface area contributed by atoms with Gasteiger partial charge < -0.3 is 0 Å². The van der Waals surface area contributed by atoms with Crippen molar-refractivity contribution in [3.63, 3.8) is 0 Å². The van der Waals surface area contributed by atoms with Crippen molar-refractivity contribution in [2.24, 2.45) is 0 Å². The van der Waals surface area contributed by atoms with Crippen LogP contribution < -0.4 is 0 Å². The SMILES string of the molecule is C=Cc1sc2cncn2c1C(=O)N(C)OC. The molecular formula is C10H11N3O2S. The van der Waals surface area contributed by atoms with Crippen molar-refractivity contribution in [3.05, 3.63) is 29.7 Å². The molecule has 0 saturated heterocycles. The summed E-state index contributed by atoms with van der Waals surface area (Å²) in [6.45, 7) is 3.70. The standard InChI is InChI=1S/C10H11N3O2S/c1-4-7-9(10(14)12(2)15-3)13-6-11-5-8(13)16-7/h4-6H,1H2,2-3H3. The lowest BCUT2D eigenvalue weighted by atomic mass is 10.3. The van der Waals surface area contributed by atoms with Gasteiger partial charge in [0.2, 0.25) is 0 Å². The monoisotopic (exact) mass is 237 g/mol. The Kier molecular flexibility index (Phi) is 2.76. The van der Waals surface area contributed by atoms with Gasteiger partial charge in [-0.2, -0.15) is 0 Å². The zero-order chi connectivity index (χ0) is 11.7. The van der Waals surface area contributed by atoms with Gasteiger partial charge in [0.1, 0.15) is 16.9 Å². The third kappa shape index (κ3) is 1.52. The van der Waals surface area contributed by atoms with Crippen LogP contribution in [0.5, 0.6) is 0 Å². The number of carbonyl (C=O) groups is 1. The van der Waals surface area contributed by atoms with Crippen LogP contribution in [-0.2, 0) is 4.84 Å². The van der Waals surface area contributed by atoms with Crippen molar-refractivity contribution in [1.29, 1.82) is 0 Å². The van der Waals surface area contributed by atoms with E-state index in [1.807, 2.05) is 0 Å². The first kappa shape index (κ1) is 10.8. The zero-order valence-corrected chi connectivity index (χ0v) is 9.82. The zero-order valence-electron chi connectivity index (χ0n) is 9.01. The van der Waals surface area contributed by atoms with E-state index in [4.69, 9.17) is 4.84 Å². The summed E-state index contributed by atoms with van der Waals surface area (Å²) in [5.74, 6) is -0.221. The number of carbonyl (C=O) groups excluding carboxylic acids is 1. The first-order valence-electron chi connectivity index (χ1n) is 4.58. The van der Waals surface area contributed by atoms with E-state index in [0.717, 1.165) is 9.71 Å². The van der Waals surface area contributed by atoms with Gasteiger partial charge >= 0.3 is 0 Å². The van der Waals surface area contributed by atoms with Crippen molar-refractivity contribution < 1.29 is 9.63 Å². The highest BCUT2D eigenvalue weighted by Crippen LogP contribution is 2.25. The molecule has 0 bridgehead atoms. The molecule has 84 valence electrons. The van der Waals surface area contributed by atoms with E-state index in [-0.39, 0.29) is 5.91 Å². The number of hydrogen-bond donors (Lipinski definition) is 0. The normalized spacial score (nSPS) is 10.6. The van der Waals surface area contributed by atoms with E-state index in [0.29, 0.717) is 5.69 Å². The van der Waals surface area contributed by atoms with Crippen LogP contribution in [0.2, 0.25) is 0 Å². The van der Waals surface area contributed by atoms with Crippen LogP contribution in [0.1, 0.15) is 15.4 Å². The number of hydroxylamine groups is 2. The van der Waals surface area contributed by atoms with Crippen LogP contribution in [0.15, 0.2) is 19.1 Å². The van der Waals surface area contributed by atoms with Gasteiger partial charge in [-0.3, -0.25) is 14.0 Å². The molecule has 2 aromatic rings. The van der Waals surface area contributed by atoms with E-state index in [9.17, 15) is 4.79 Å². The molecule has 2 rings (SSSR count). The van der Waals surface area contributed by atoms with Crippen LogP contribution >= 0.6 is 11.3 Å². The highest BCUT2D eigenvalue weighted by atomic mass is 32.1. The fourth-order valence-corrected chi connectivity index (χ4v) is 2.33. The molecule has 2 aromatic heterocycles. The number of rotatable bonds is 3. The molecule has 0 atom stereocenters. The molecule has 0 spiro atoms. The van der Waals surface area contributed by atoms with Gasteiger partial charge in [0.25, 0.3) is 5.91 Å². The van der Waals surface area contributed by atoms with Crippen LogP contribution in [0.25, 0.3) is 10.9 Å². The quantitative estimate of drug-likeness (QED) is 0.763. The summed E-state index contributed by atoms with van der Waals surface area (Å²) in [4.78, 5) is 22.6. The summed E-state index contributed by atoms with van der Waals surface area (Å²) in [5.41, 5.74) is 0.525. The molecule has 1 amide bonds. The van der Waals surface area contributed by atoms with Crippen molar-refractivity contribution >= 4 is 28.2 Å². The van der Waals surface area contributed by atoms with Gasteiger partial charge in [0.05, 0.1) is 18.2 Å². The largest absolute Gasteiger partial charge is 0.295 e. The Bertz CT molecular complexity index is 543. The molecule has 0 saturated carbocycles. The summed E-state index contributed by atoms with van der Waals surface area (Å²) in [5, 5.41) is 1.18. The number of fused-ring (bicyclic) bond motifs is 1. The third-order valence-electron chi connectivity index (χ3n) is 2.24. The third-order valence-corrected chi connectivity index (χ3v) is 3.33. The molecule has 0 aliphatic rings. The van der Waals surface area contributed by atoms with Crippen LogP contribution in [0, 0.1) is 0 Å². The first-order chi connectivity index (χ1) is 7.69. The maximum Gasteiger partial charge on any atom is 0.295 e. The highest BCUT2D eigenvalue weighted by molar-refractivity contribution is 7.18. The Morgan fingerprint density at radius 2 is 2.50 bits per heavy atom. The summed E-state index contributed by atoms with van der Waals surface area (Å²) >= 11 is 1.47. The number of amides is 1. The van der Waals surface area contributed by atoms with Gasteiger partial charge in [-0.1, -0.05) is 6.58 Å². The Balaban J connectivity index is 2.60. The summed E-state index contributed by atoms with van der Waals surface area (Å²) in [6.07, 6.45) is 4.98. The number of nitrogens with zero attached hydrogens (tertiary/aromatic N) is 3. The summed E-state index contributed by atoms with van der Waals surface area (Å²) in [7, 11) is 3.01. The topological polar surface area (TPSA) is 46.8 Å². The van der Waals surface area contributed by atoms with E-state index < -0.39 is 0 Å². The van der Waals surface area contributed by atoms with Crippen molar-refractivity contribution in [3.8, 4) is 0 Å². The second-order valence-electron chi connectivity index (χ2n) is 3.11. The lowest BCUT2D eigenvalue weighted by molar-refractivity contribution is -0.0761. The van der Waals surface area contributed by atoms with Gasteiger partial charge in [-0.05, 0) is 6.08 Å². The smallest absolute Gasteiger partial charge is 0.284 e. The molecule has 0 N–H and O–H groups in total. The second-order valence-corrected chi connectivity index (χ2v) is 4.17. The molecule has 0 aliphatic carbocycles. The fraction of sp³-hybridized carbons (Fsp3) is 0.200. The number of hydrogen-bond acceptors (Lipinski definition) is 4. The average molecular weight is 237 g/mol. The maximum atomic E-state index is 12.0. The predicted molar refractivity (Wildman–Crippen MR) is 62.3 cm³/mol. The lowest BCUT2D eigenvalue weighted by Crippen LogP contribution is -2.27. The molecule has 5 nitrogen and oxygen atoms in total. The Hall–Kier alpha value is -1.66. The van der Waals surface area contributed by atoms with E-state index in [1.54, 1.807) is 30.0 Å². The Morgan fingerprint density at radius 3 is 3.12 bits per heavy atom. The van der Waals surface area contributed by atoms with E-state index >= 15 is 0 Å². The molecular weight excluding hydrogens is 226 g/mol. The fourth-order valence-electron chi connectivity index (χ4n) is 1.38. The van der Waals surface area contributed by atoms with E-state index in [1.165, 1.54) is 23.5 Å². The lowest BCUT2D eigenvalue weighted by Gasteiger charge is -2.13. The van der Waals surface area contributed by atoms with E-state index in [2.05, 4.69) is 11.6 Å². The predicted octanol–water partition coefficient (Wildman–Crippen LogP) is 1.67. The molecule has 6 heteroatoms. The Labute approximate surface area is 96.5 Å². The van der Waals surface area contributed by atoms with Crippen LogP contribution in [0.3, 0.4) is 0 Å². The molecule has 16 heavy (non-hydrogen) atoms. The number of thiazole rings is 1. The number of aromatic nitrogens is 2. The molecule has 0 aliphatic heterocycles. The average Bonchev–Trinajstić information content (AvgIpc) is 2.85. The minimum absolute atomic E-state index is 0.221. The molecule has 0 unspecified atom stereocenters. The van der Waals surface area contributed by atoms with Gasteiger partial charge in [0, 0.05) is 7.05 Å². The molecule has 2 heterocycles. The maximum absolute atomic E-state index is 12.0. The highest BCUT2D eigenvalue weighted by Gasteiger charge is 2.20. The van der Waals surface area contributed by atoms with Crippen LogP contribution in [-0.4, -0.2) is 34.5 Å². The van der Waals surface area contributed by atoms with Gasteiger partial charge in [0.15, 0.2) is 0 Å². The van der Waals surface area contributed by atoms with Crippen molar-refractivity contribution in [1.82, 2.24) is 14.4 Å². The molecule has 0 radical (unpaired) electrons. The van der Waals surface area contributed by atoms with Gasteiger partial charge in [-0.15, -0.1) is 11.3 Å². The summed E-state index contributed by atoms with van der Waals surface area (Å²) < 4.78 is 1.74. The molecule has 0 aromatic carbocycles. The minimum Gasteiger partial charge on any atom is -0.284 e. The first-order valence-corrected chi connectivity index (χ1v) is 5.40.